The van der Waals surface area contributed by atoms with Gasteiger partial charge in [0.25, 0.3) is 5.91 Å². The number of rotatable bonds is 9. The summed E-state index contributed by atoms with van der Waals surface area (Å²) in [6.07, 6.45) is 4.15. The van der Waals surface area contributed by atoms with E-state index in [-0.39, 0.29) is 17.9 Å². The lowest BCUT2D eigenvalue weighted by molar-refractivity contribution is -0.0879. The van der Waals surface area contributed by atoms with Crippen molar-refractivity contribution in [2.24, 2.45) is 0 Å². The van der Waals surface area contributed by atoms with E-state index in [9.17, 15) is 18.0 Å². The number of ether oxygens (including phenoxy) is 1. The molecule has 1 saturated heterocycles. The number of anilines is 3. The SMILES string of the molecule is C=C(/C=C(\C=C/COC)NC(=O)c1ccc(C)c(Nc2ncnc3cnc(N4CCCC4)nc23)c1)C(F)(F)F. The van der Waals surface area contributed by atoms with Gasteiger partial charge in [0.2, 0.25) is 5.95 Å². The molecule has 2 N–H and O–H groups in total. The van der Waals surface area contributed by atoms with Gasteiger partial charge in [-0.15, -0.1) is 0 Å². The predicted octanol–water partition coefficient (Wildman–Crippen LogP) is 5.01. The van der Waals surface area contributed by atoms with E-state index in [0.29, 0.717) is 28.5 Å². The van der Waals surface area contributed by atoms with Crippen LogP contribution in [0.3, 0.4) is 0 Å². The number of aryl methyl sites for hydroxylation is 1. The van der Waals surface area contributed by atoms with Crippen LogP contribution < -0.4 is 15.5 Å². The van der Waals surface area contributed by atoms with Gasteiger partial charge in [0.15, 0.2) is 5.82 Å². The maximum absolute atomic E-state index is 13.1. The molecule has 1 aliphatic heterocycles. The molecule has 1 aliphatic rings. The van der Waals surface area contributed by atoms with Gasteiger partial charge in [-0.1, -0.05) is 18.7 Å². The molecule has 1 aromatic carbocycles. The van der Waals surface area contributed by atoms with E-state index >= 15 is 0 Å². The second-order valence-electron chi connectivity index (χ2n) is 8.91. The summed E-state index contributed by atoms with van der Waals surface area (Å²) >= 11 is 0. The van der Waals surface area contributed by atoms with E-state index in [4.69, 9.17) is 4.74 Å². The quantitative estimate of drug-likeness (QED) is 0.366. The number of amides is 1. The van der Waals surface area contributed by atoms with E-state index in [1.807, 2.05) is 6.92 Å². The lowest BCUT2D eigenvalue weighted by Gasteiger charge is -2.16. The van der Waals surface area contributed by atoms with Crippen LogP contribution in [0.2, 0.25) is 0 Å². The van der Waals surface area contributed by atoms with Crippen LogP contribution in [0.15, 0.2) is 66.8 Å². The number of allylic oxidation sites excluding steroid dienone is 3. The second kappa shape index (κ2) is 12.0. The molecule has 0 radical (unpaired) electrons. The minimum Gasteiger partial charge on any atom is -0.381 e. The number of methoxy groups -OCH3 is 1. The smallest absolute Gasteiger partial charge is 0.381 e. The Bertz CT molecular complexity index is 1430. The number of alkyl halides is 3. The lowest BCUT2D eigenvalue weighted by Crippen LogP contribution is -2.23. The van der Waals surface area contributed by atoms with Crippen molar-refractivity contribution in [1.29, 1.82) is 0 Å². The molecule has 1 amide bonds. The summed E-state index contributed by atoms with van der Waals surface area (Å²) < 4.78 is 44.1. The number of nitrogens with zero attached hydrogens (tertiary/aromatic N) is 5. The molecular weight excluding hydrogens is 511 g/mol. The Hall–Kier alpha value is -4.32. The fourth-order valence-corrected chi connectivity index (χ4v) is 3.90. The molecule has 1 fully saturated rings. The summed E-state index contributed by atoms with van der Waals surface area (Å²) in [5, 5.41) is 5.74. The summed E-state index contributed by atoms with van der Waals surface area (Å²) in [6, 6.07) is 4.90. The van der Waals surface area contributed by atoms with Crippen LogP contribution in [0, 0.1) is 6.92 Å². The molecule has 0 saturated carbocycles. The van der Waals surface area contributed by atoms with Gasteiger partial charge in [0.1, 0.15) is 17.4 Å². The topological polar surface area (TPSA) is 105 Å². The van der Waals surface area contributed by atoms with Crippen molar-refractivity contribution in [3.05, 3.63) is 77.9 Å². The molecule has 0 spiro atoms. The van der Waals surface area contributed by atoms with E-state index in [1.165, 1.54) is 25.6 Å². The maximum Gasteiger partial charge on any atom is 0.415 e. The van der Waals surface area contributed by atoms with E-state index in [0.717, 1.165) is 37.6 Å². The van der Waals surface area contributed by atoms with Gasteiger partial charge in [-0.2, -0.15) is 13.2 Å². The molecule has 9 nitrogen and oxygen atoms in total. The predicted molar refractivity (Wildman–Crippen MR) is 143 cm³/mol. The van der Waals surface area contributed by atoms with Gasteiger partial charge in [-0.25, -0.2) is 19.9 Å². The summed E-state index contributed by atoms with van der Waals surface area (Å²) in [5.74, 6) is 0.435. The summed E-state index contributed by atoms with van der Waals surface area (Å²) in [7, 11) is 1.45. The number of hydrogen-bond acceptors (Lipinski definition) is 8. The average molecular weight is 540 g/mol. The number of hydrogen-bond donors (Lipinski definition) is 2. The Morgan fingerprint density at radius 3 is 2.69 bits per heavy atom. The normalized spacial score (nSPS) is 14.3. The molecule has 204 valence electrons. The molecule has 3 aromatic rings. The molecule has 0 atom stereocenters. The van der Waals surface area contributed by atoms with Crippen LogP contribution in [-0.2, 0) is 4.74 Å². The molecule has 0 bridgehead atoms. The molecule has 0 aliphatic carbocycles. The molecule has 0 unspecified atom stereocenters. The number of aromatic nitrogens is 4. The van der Waals surface area contributed by atoms with Gasteiger partial charge in [-0.3, -0.25) is 4.79 Å². The zero-order valence-electron chi connectivity index (χ0n) is 21.5. The monoisotopic (exact) mass is 539 g/mol. The van der Waals surface area contributed by atoms with Crippen molar-refractivity contribution in [2.45, 2.75) is 25.9 Å². The highest BCUT2D eigenvalue weighted by Crippen LogP contribution is 2.28. The van der Waals surface area contributed by atoms with Crippen molar-refractivity contribution in [2.75, 3.05) is 37.0 Å². The number of carbonyl (C=O) groups excluding carboxylic acids is 1. The van der Waals surface area contributed by atoms with Gasteiger partial charge < -0.3 is 20.3 Å². The number of fused-ring (bicyclic) bond motifs is 1. The van der Waals surface area contributed by atoms with Crippen molar-refractivity contribution < 1.29 is 22.7 Å². The van der Waals surface area contributed by atoms with Crippen molar-refractivity contribution in [3.63, 3.8) is 0 Å². The highest BCUT2D eigenvalue weighted by Gasteiger charge is 2.30. The van der Waals surface area contributed by atoms with Crippen LogP contribution in [0.25, 0.3) is 11.0 Å². The van der Waals surface area contributed by atoms with Crippen LogP contribution in [-0.4, -0.2) is 58.8 Å². The summed E-state index contributed by atoms with van der Waals surface area (Å²) in [4.78, 5) is 32.9. The number of benzene rings is 1. The minimum atomic E-state index is -4.63. The van der Waals surface area contributed by atoms with Crippen LogP contribution in [0.1, 0.15) is 28.8 Å². The largest absolute Gasteiger partial charge is 0.415 e. The second-order valence-corrected chi connectivity index (χ2v) is 8.91. The van der Waals surface area contributed by atoms with Crippen LogP contribution >= 0.6 is 0 Å². The van der Waals surface area contributed by atoms with Gasteiger partial charge in [0, 0.05) is 37.1 Å². The Balaban J connectivity index is 1.60. The van der Waals surface area contributed by atoms with Crippen LogP contribution in [0.4, 0.5) is 30.6 Å². The zero-order chi connectivity index (χ0) is 28.0. The van der Waals surface area contributed by atoms with Gasteiger partial charge >= 0.3 is 6.18 Å². The third-order valence-corrected chi connectivity index (χ3v) is 6.02. The van der Waals surface area contributed by atoms with Crippen molar-refractivity contribution in [1.82, 2.24) is 25.3 Å². The summed E-state index contributed by atoms with van der Waals surface area (Å²) in [5.41, 5.74) is 1.52. The first kappa shape index (κ1) is 27.7. The Morgan fingerprint density at radius 2 is 1.97 bits per heavy atom. The minimum absolute atomic E-state index is 0.0811. The maximum atomic E-state index is 13.1. The summed E-state index contributed by atoms with van der Waals surface area (Å²) in [6.45, 7) is 6.81. The average Bonchev–Trinajstić information content (AvgIpc) is 3.44. The number of carbonyl (C=O) groups is 1. The molecule has 2 aromatic heterocycles. The Morgan fingerprint density at radius 1 is 1.21 bits per heavy atom. The number of halogens is 3. The Labute approximate surface area is 223 Å². The molecular formula is C27H28F3N7O2. The molecule has 39 heavy (non-hydrogen) atoms. The molecule has 12 heteroatoms. The first-order valence-corrected chi connectivity index (χ1v) is 12.2. The molecule has 3 heterocycles. The standard InChI is InChI=1S/C27H28F3N7O2/c1-17-8-9-19(25(38)34-20(7-6-12-39-3)13-18(2)27(28,29)30)14-21(17)35-24-23-22(32-16-33-24)15-31-26(36-23)37-10-4-5-11-37/h6-9,13-16H,2,4-5,10-12H2,1,3H3,(H,34,38)(H,32,33,35)/b7-6-,20-13+. The highest BCUT2D eigenvalue weighted by atomic mass is 19.4. The van der Waals surface area contributed by atoms with E-state index in [1.54, 1.807) is 24.4 Å². The van der Waals surface area contributed by atoms with Crippen LogP contribution in [0.5, 0.6) is 0 Å². The zero-order valence-corrected chi connectivity index (χ0v) is 21.5. The van der Waals surface area contributed by atoms with E-state index < -0.39 is 17.7 Å². The third kappa shape index (κ3) is 6.96. The van der Waals surface area contributed by atoms with Gasteiger partial charge in [-0.05, 0) is 49.6 Å². The van der Waals surface area contributed by atoms with Crippen molar-refractivity contribution in [3.8, 4) is 0 Å². The fourth-order valence-electron chi connectivity index (χ4n) is 3.90. The molecule has 4 rings (SSSR count). The first-order valence-electron chi connectivity index (χ1n) is 12.2. The third-order valence-electron chi connectivity index (χ3n) is 6.02. The Kier molecular flexibility index (Phi) is 8.55. The lowest BCUT2D eigenvalue weighted by atomic mass is 10.1. The van der Waals surface area contributed by atoms with Gasteiger partial charge in [0.05, 0.1) is 18.4 Å². The first-order chi connectivity index (χ1) is 18.7. The number of nitrogens with one attached hydrogen (secondary N) is 2. The van der Waals surface area contributed by atoms with E-state index in [2.05, 4.69) is 42.0 Å². The van der Waals surface area contributed by atoms with Crippen molar-refractivity contribution >= 4 is 34.4 Å². The highest BCUT2D eigenvalue weighted by molar-refractivity contribution is 5.97. The fraction of sp³-hybridized carbons (Fsp3) is 0.296.